The van der Waals surface area contributed by atoms with Gasteiger partial charge < -0.3 is 4.98 Å². The molecule has 0 saturated heterocycles. The van der Waals surface area contributed by atoms with Crippen LogP contribution in [0.2, 0.25) is 0 Å². The van der Waals surface area contributed by atoms with Gasteiger partial charge in [0, 0.05) is 25.0 Å². The van der Waals surface area contributed by atoms with Gasteiger partial charge in [-0.2, -0.15) is 0 Å². The Morgan fingerprint density at radius 2 is 2.19 bits per heavy atom. The SMILES string of the molecule is O=c1cc[nH]cc1S(=O)(=O)NCC1CCC1. The molecule has 0 amide bonds. The molecule has 0 atom stereocenters. The number of H-pyrrole nitrogens is 1. The Hall–Kier alpha value is -1.14. The maximum Gasteiger partial charge on any atom is 0.245 e. The fourth-order valence-electron chi connectivity index (χ4n) is 1.61. The van der Waals surface area contributed by atoms with Crippen LogP contribution in [0.25, 0.3) is 0 Å². The quantitative estimate of drug-likeness (QED) is 0.804. The van der Waals surface area contributed by atoms with Crippen molar-refractivity contribution < 1.29 is 8.42 Å². The minimum atomic E-state index is -3.66. The summed E-state index contributed by atoms with van der Waals surface area (Å²) in [6, 6.07) is 1.21. The van der Waals surface area contributed by atoms with Crippen molar-refractivity contribution in [2.24, 2.45) is 5.92 Å². The van der Waals surface area contributed by atoms with E-state index in [-0.39, 0.29) is 4.90 Å². The monoisotopic (exact) mass is 242 g/mol. The summed E-state index contributed by atoms with van der Waals surface area (Å²) < 4.78 is 26.0. The Morgan fingerprint density at radius 1 is 1.44 bits per heavy atom. The van der Waals surface area contributed by atoms with Gasteiger partial charge >= 0.3 is 0 Å². The number of pyridine rings is 1. The third-order valence-electron chi connectivity index (χ3n) is 2.86. The molecule has 2 rings (SSSR count). The summed E-state index contributed by atoms with van der Waals surface area (Å²) in [5, 5.41) is 0. The van der Waals surface area contributed by atoms with Gasteiger partial charge in [0.1, 0.15) is 4.90 Å². The molecular weight excluding hydrogens is 228 g/mol. The van der Waals surface area contributed by atoms with E-state index in [1.54, 1.807) is 0 Å². The summed E-state index contributed by atoms with van der Waals surface area (Å²) in [5.41, 5.74) is -0.486. The van der Waals surface area contributed by atoms with Gasteiger partial charge in [-0.15, -0.1) is 0 Å². The molecule has 16 heavy (non-hydrogen) atoms. The number of nitrogens with one attached hydrogen (secondary N) is 2. The highest BCUT2D eigenvalue weighted by atomic mass is 32.2. The number of aromatic nitrogens is 1. The summed E-state index contributed by atoms with van der Waals surface area (Å²) in [7, 11) is -3.66. The van der Waals surface area contributed by atoms with E-state index >= 15 is 0 Å². The van der Waals surface area contributed by atoms with Crippen LogP contribution in [0.1, 0.15) is 19.3 Å². The highest BCUT2D eigenvalue weighted by Crippen LogP contribution is 2.25. The zero-order chi connectivity index (χ0) is 11.6. The van der Waals surface area contributed by atoms with Crippen LogP contribution in [0, 0.1) is 5.92 Å². The molecule has 0 radical (unpaired) electrons. The van der Waals surface area contributed by atoms with Gasteiger partial charge in [-0.25, -0.2) is 13.1 Å². The van der Waals surface area contributed by atoms with Crippen molar-refractivity contribution in [3.05, 3.63) is 28.7 Å². The van der Waals surface area contributed by atoms with E-state index in [0.29, 0.717) is 12.5 Å². The molecule has 88 valence electrons. The average molecular weight is 242 g/mol. The van der Waals surface area contributed by atoms with E-state index in [9.17, 15) is 13.2 Å². The van der Waals surface area contributed by atoms with Crippen molar-refractivity contribution >= 4 is 10.0 Å². The van der Waals surface area contributed by atoms with Crippen LogP contribution >= 0.6 is 0 Å². The van der Waals surface area contributed by atoms with Crippen LogP contribution in [-0.4, -0.2) is 19.9 Å². The lowest BCUT2D eigenvalue weighted by Gasteiger charge is -2.25. The maximum absolute atomic E-state index is 11.8. The second-order valence-corrected chi connectivity index (χ2v) is 5.76. The molecule has 1 aromatic heterocycles. The molecule has 0 aromatic carbocycles. The maximum atomic E-state index is 11.8. The molecule has 1 aliphatic carbocycles. The highest BCUT2D eigenvalue weighted by Gasteiger charge is 2.22. The van der Waals surface area contributed by atoms with Crippen molar-refractivity contribution in [3.63, 3.8) is 0 Å². The van der Waals surface area contributed by atoms with Gasteiger partial charge in [0.05, 0.1) is 0 Å². The topological polar surface area (TPSA) is 79.0 Å². The van der Waals surface area contributed by atoms with Crippen molar-refractivity contribution in [3.8, 4) is 0 Å². The van der Waals surface area contributed by atoms with Crippen LogP contribution in [-0.2, 0) is 10.0 Å². The van der Waals surface area contributed by atoms with Gasteiger partial charge in [0.25, 0.3) is 0 Å². The third-order valence-corrected chi connectivity index (χ3v) is 4.31. The first kappa shape index (κ1) is 11.3. The zero-order valence-corrected chi connectivity index (χ0v) is 9.59. The first-order valence-corrected chi connectivity index (χ1v) is 6.75. The number of hydrogen-bond donors (Lipinski definition) is 2. The summed E-state index contributed by atoms with van der Waals surface area (Å²) in [6.07, 6.45) is 5.92. The van der Waals surface area contributed by atoms with Crippen LogP contribution in [0.5, 0.6) is 0 Å². The van der Waals surface area contributed by atoms with Crippen LogP contribution in [0.15, 0.2) is 28.2 Å². The van der Waals surface area contributed by atoms with Crippen molar-refractivity contribution in [1.29, 1.82) is 0 Å². The second kappa shape index (κ2) is 4.39. The summed E-state index contributed by atoms with van der Waals surface area (Å²) in [6.45, 7) is 0.427. The largest absolute Gasteiger partial charge is 0.366 e. The fourth-order valence-corrected chi connectivity index (χ4v) is 2.78. The minimum absolute atomic E-state index is 0.214. The predicted molar refractivity (Wildman–Crippen MR) is 59.6 cm³/mol. The first-order chi connectivity index (χ1) is 7.59. The average Bonchev–Trinajstić information content (AvgIpc) is 2.15. The minimum Gasteiger partial charge on any atom is -0.366 e. The first-order valence-electron chi connectivity index (χ1n) is 5.26. The second-order valence-electron chi connectivity index (χ2n) is 4.02. The molecular formula is C10H14N2O3S. The van der Waals surface area contributed by atoms with Gasteiger partial charge in [0.15, 0.2) is 0 Å². The van der Waals surface area contributed by atoms with Crippen molar-refractivity contribution in [1.82, 2.24) is 9.71 Å². The van der Waals surface area contributed by atoms with E-state index in [1.165, 1.54) is 18.5 Å². The van der Waals surface area contributed by atoms with Crippen molar-refractivity contribution in [2.45, 2.75) is 24.2 Å². The van der Waals surface area contributed by atoms with E-state index in [1.807, 2.05) is 0 Å². The Morgan fingerprint density at radius 3 is 2.75 bits per heavy atom. The van der Waals surface area contributed by atoms with Gasteiger partial charge in [-0.3, -0.25) is 4.79 Å². The lowest BCUT2D eigenvalue weighted by atomic mass is 9.86. The molecule has 1 aliphatic rings. The normalized spacial score (nSPS) is 17.0. The van der Waals surface area contributed by atoms with Crippen LogP contribution in [0.4, 0.5) is 0 Å². The molecule has 0 bridgehead atoms. The molecule has 0 spiro atoms. The molecule has 0 unspecified atom stereocenters. The molecule has 1 heterocycles. The molecule has 1 fully saturated rings. The van der Waals surface area contributed by atoms with E-state index in [4.69, 9.17) is 0 Å². The predicted octanol–water partition coefficient (Wildman–Crippen LogP) is 0.453. The standard InChI is InChI=1S/C10H14N2O3S/c13-9-4-5-11-7-10(9)16(14,15)12-6-8-2-1-3-8/h4-5,7-8,12H,1-3,6H2,(H,11,13). The number of sulfonamides is 1. The van der Waals surface area contributed by atoms with E-state index in [0.717, 1.165) is 19.3 Å². The Balaban J connectivity index is 2.12. The molecule has 2 N–H and O–H groups in total. The smallest absolute Gasteiger partial charge is 0.245 e. The molecule has 5 nitrogen and oxygen atoms in total. The van der Waals surface area contributed by atoms with E-state index < -0.39 is 15.5 Å². The third kappa shape index (κ3) is 2.33. The molecule has 1 saturated carbocycles. The van der Waals surface area contributed by atoms with Crippen molar-refractivity contribution in [2.75, 3.05) is 6.54 Å². The summed E-state index contributed by atoms with van der Waals surface area (Å²) >= 11 is 0. The number of rotatable bonds is 4. The van der Waals surface area contributed by atoms with Crippen LogP contribution in [0.3, 0.4) is 0 Å². The zero-order valence-electron chi connectivity index (χ0n) is 8.77. The summed E-state index contributed by atoms with van der Waals surface area (Å²) in [4.78, 5) is 13.7. The lowest BCUT2D eigenvalue weighted by molar-refractivity contribution is 0.316. The molecule has 0 aliphatic heterocycles. The molecule has 1 aromatic rings. The van der Waals surface area contributed by atoms with Gasteiger partial charge in [0.2, 0.25) is 15.5 Å². The molecule has 6 heteroatoms. The Labute approximate surface area is 93.9 Å². The lowest BCUT2D eigenvalue weighted by Crippen LogP contribution is -2.34. The van der Waals surface area contributed by atoms with Gasteiger partial charge in [-0.1, -0.05) is 6.42 Å². The van der Waals surface area contributed by atoms with Crippen LogP contribution < -0.4 is 10.2 Å². The Bertz CT molecular complexity index is 517. The fraction of sp³-hybridized carbons (Fsp3) is 0.500. The number of aromatic amines is 1. The Kier molecular flexibility index (Phi) is 3.11. The number of hydrogen-bond acceptors (Lipinski definition) is 3. The van der Waals surface area contributed by atoms with Gasteiger partial charge in [-0.05, 0) is 18.8 Å². The summed E-state index contributed by atoms with van der Waals surface area (Å²) in [5.74, 6) is 0.428. The highest BCUT2D eigenvalue weighted by molar-refractivity contribution is 7.89. The van der Waals surface area contributed by atoms with E-state index in [2.05, 4.69) is 9.71 Å².